The molecule has 2 aromatic carbocycles. The zero-order chi connectivity index (χ0) is 18.1. The van der Waals surface area contributed by atoms with Crippen LogP contribution in [0.1, 0.15) is 32.3 Å². The van der Waals surface area contributed by atoms with E-state index in [1.807, 2.05) is 48.5 Å². The van der Waals surface area contributed by atoms with Gasteiger partial charge in [-0.25, -0.2) is 10.4 Å². The minimum absolute atomic E-state index is 0.00945. The highest BCUT2D eigenvalue weighted by molar-refractivity contribution is 6.07. The minimum Gasteiger partial charge on any atom is -0.436 e. The molecule has 0 saturated carbocycles. The first kappa shape index (κ1) is 16.5. The first-order valence-electron chi connectivity index (χ1n) is 9.01. The zero-order valence-corrected chi connectivity index (χ0v) is 14.9. The summed E-state index contributed by atoms with van der Waals surface area (Å²) in [5.41, 5.74) is 7.01. The van der Waals surface area contributed by atoms with E-state index in [1.54, 1.807) is 0 Å². The molecule has 1 aliphatic rings. The third-order valence-electron chi connectivity index (χ3n) is 4.96. The van der Waals surface area contributed by atoms with Crippen molar-refractivity contribution in [3.05, 3.63) is 54.1 Å². The molecule has 2 atom stereocenters. The number of hydrogen-bond donors (Lipinski definition) is 1. The Morgan fingerprint density at radius 3 is 2.69 bits per heavy atom. The standard InChI is InChI=1S/C21H21N3O2/c1-3-7-16-13(2)19(23-24-20(16)25)15-10-11-17-18(12-15)26-21(22-17)14-8-5-4-6-9-14/h4-6,8-13,16H,3,7H2,1-2H3,(H,24,25)/t13-,16+/m1/s1. The summed E-state index contributed by atoms with van der Waals surface area (Å²) in [6.45, 7) is 4.16. The fourth-order valence-corrected chi connectivity index (χ4v) is 3.53. The van der Waals surface area contributed by atoms with Crippen LogP contribution in [0.3, 0.4) is 0 Å². The Hall–Kier alpha value is -2.95. The predicted molar refractivity (Wildman–Crippen MR) is 102 cm³/mol. The zero-order valence-electron chi connectivity index (χ0n) is 14.9. The molecule has 3 aromatic rings. The lowest BCUT2D eigenvalue weighted by Gasteiger charge is -2.27. The fourth-order valence-electron chi connectivity index (χ4n) is 3.53. The van der Waals surface area contributed by atoms with E-state index in [9.17, 15) is 4.79 Å². The van der Waals surface area contributed by atoms with E-state index in [0.717, 1.165) is 40.8 Å². The Morgan fingerprint density at radius 1 is 1.12 bits per heavy atom. The molecular weight excluding hydrogens is 326 g/mol. The lowest BCUT2D eigenvalue weighted by Crippen LogP contribution is -2.40. The Labute approximate surface area is 152 Å². The maximum absolute atomic E-state index is 12.1. The van der Waals surface area contributed by atoms with E-state index < -0.39 is 0 Å². The highest BCUT2D eigenvalue weighted by atomic mass is 16.3. The van der Waals surface area contributed by atoms with Gasteiger partial charge in [-0.2, -0.15) is 5.10 Å². The van der Waals surface area contributed by atoms with Gasteiger partial charge in [-0.3, -0.25) is 4.79 Å². The highest BCUT2D eigenvalue weighted by Crippen LogP contribution is 2.29. The summed E-state index contributed by atoms with van der Waals surface area (Å²) in [4.78, 5) is 16.7. The number of rotatable bonds is 4. The topological polar surface area (TPSA) is 67.5 Å². The molecule has 4 rings (SSSR count). The summed E-state index contributed by atoms with van der Waals surface area (Å²) in [5, 5.41) is 4.32. The summed E-state index contributed by atoms with van der Waals surface area (Å²) >= 11 is 0. The average molecular weight is 347 g/mol. The number of nitrogens with zero attached hydrogens (tertiary/aromatic N) is 2. The third kappa shape index (κ3) is 2.90. The summed E-state index contributed by atoms with van der Waals surface area (Å²) < 4.78 is 5.96. The summed E-state index contributed by atoms with van der Waals surface area (Å²) in [5.74, 6) is 0.638. The predicted octanol–water partition coefficient (Wildman–Crippen LogP) is 4.38. The number of amides is 1. The van der Waals surface area contributed by atoms with Gasteiger partial charge in [-0.05, 0) is 30.7 Å². The number of hydrogen-bond acceptors (Lipinski definition) is 4. The molecule has 5 heteroatoms. The van der Waals surface area contributed by atoms with Gasteiger partial charge >= 0.3 is 0 Å². The van der Waals surface area contributed by atoms with Crippen LogP contribution < -0.4 is 5.43 Å². The van der Waals surface area contributed by atoms with Gasteiger partial charge in [0.25, 0.3) is 0 Å². The molecule has 0 bridgehead atoms. The van der Waals surface area contributed by atoms with Crippen LogP contribution in [-0.2, 0) is 4.79 Å². The molecule has 26 heavy (non-hydrogen) atoms. The third-order valence-corrected chi connectivity index (χ3v) is 4.96. The van der Waals surface area contributed by atoms with Crippen LogP contribution in [0.15, 0.2) is 58.0 Å². The van der Waals surface area contributed by atoms with Crippen molar-refractivity contribution in [1.82, 2.24) is 10.4 Å². The van der Waals surface area contributed by atoms with Crippen molar-refractivity contribution in [3.8, 4) is 11.5 Å². The average Bonchev–Trinajstić information content (AvgIpc) is 3.09. The SMILES string of the molecule is CCC[C@@H]1C(=O)NN=C(c2ccc3nc(-c4ccccc4)oc3c2)[C@@H]1C. The van der Waals surface area contributed by atoms with Gasteiger partial charge in [0, 0.05) is 23.0 Å². The summed E-state index contributed by atoms with van der Waals surface area (Å²) in [7, 11) is 0. The molecule has 1 aromatic heterocycles. The van der Waals surface area contributed by atoms with Gasteiger partial charge in [0.15, 0.2) is 5.58 Å². The van der Waals surface area contributed by atoms with Gasteiger partial charge in [0.1, 0.15) is 5.52 Å². The van der Waals surface area contributed by atoms with Gasteiger partial charge in [-0.1, -0.05) is 44.5 Å². The van der Waals surface area contributed by atoms with Gasteiger partial charge in [0.2, 0.25) is 11.8 Å². The van der Waals surface area contributed by atoms with Crippen molar-refractivity contribution in [2.75, 3.05) is 0 Å². The van der Waals surface area contributed by atoms with E-state index in [2.05, 4.69) is 29.4 Å². The lowest BCUT2D eigenvalue weighted by atomic mass is 9.82. The number of carbonyl (C=O) groups excluding carboxylic acids is 1. The maximum Gasteiger partial charge on any atom is 0.243 e. The van der Waals surface area contributed by atoms with E-state index in [-0.39, 0.29) is 17.7 Å². The van der Waals surface area contributed by atoms with Crippen LogP contribution in [0.2, 0.25) is 0 Å². The monoisotopic (exact) mass is 347 g/mol. The largest absolute Gasteiger partial charge is 0.436 e. The number of benzene rings is 2. The molecule has 1 N–H and O–H groups in total. The second kappa shape index (κ2) is 6.75. The second-order valence-corrected chi connectivity index (χ2v) is 6.72. The van der Waals surface area contributed by atoms with Crippen LogP contribution in [0.5, 0.6) is 0 Å². The van der Waals surface area contributed by atoms with E-state index in [4.69, 9.17) is 4.42 Å². The Kier molecular flexibility index (Phi) is 4.29. The Bertz CT molecular complexity index is 975. The molecular formula is C21H21N3O2. The van der Waals surface area contributed by atoms with E-state index in [0.29, 0.717) is 5.89 Å². The molecule has 132 valence electrons. The normalized spacial score (nSPS) is 20.1. The second-order valence-electron chi connectivity index (χ2n) is 6.72. The number of carbonyl (C=O) groups is 1. The molecule has 0 fully saturated rings. The van der Waals surface area contributed by atoms with Gasteiger partial charge in [0.05, 0.1) is 5.71 Å². The first-order valence-corrected chi connectivity index (χ1v) is 9.01. The van der Waals surface area contributed by atoms with Crippen molar-refractivity contribution in [2.45, 2.75) is 26.7 Å². The van der Waals surface area contributed by atoms with Crippen molar-refractivity contribution < 1.29 is 9.21 Å². The number of fused-ring (bicyclic) bond motifs is 1. The fraction of sp³-hybridized carbons (Fsp3) is 0.286. The molecule has 5 nitrogen and oxygen atoms in total. The highest BCUT2D eigenvalue weighted by Gasteiger charge is 2.32. The molecule has 1 aliphatic heterocycles. The van der Waals surface area contributed by atoms with Crippen molar-refractivity contribution >= 4 is 22.7 Å². The molecule has 0 spiro atoms. The molecule has 0 saturated heterocycles. The van der Waals surface area contributed by atoms with Crippen molar-refractivity contribution in [1.29, 1.82) is 0 Å². The summed E-state index contributed by atoms with van der Waals surface area (Å²) in [6.07, 6.45) is 1.83. The van der Waals surface area contributed by atoms with Gasteiger partial charge in [-0.15, -0.1) is 0 Å². The van der Waals surface area contributed by atoms with Crippen molar-refractivity contribution in [3.63, 3.8) is 0 Å². The van der Waals surface area contributed by atoms with Crippen LogP contribution in [0, 0.1) is 11.8 Å². The number of hydrazone groups is 1. The quantitative estimate of drug-likeness (QED) is 0.761. The minimum atomic E-state index is -0.0437. The smallest absolute Gasteiger partial charge is 0.243 e. The molecule has 0 radical (unpaired) electrons. The van der Waals surface area contributed by atoms with E-state index >= 15 is 0 Å². The number of aromatic nitrogens is 1. The molecule has 2 heterocycles. The van der Waals surface area contributed by atoms with Crippen LogP contribution in [0.4, 0.5) is 0 Å². The van der Waals surface area contributed by atoms with Crippen molar-refractivity contribution in [2.24, 2.45) is 16.9 Å². The maximum atomic E-state index is 12.1. The first-order chi connectivity index (χ1) is 12.7. The molecule has 1 amide bonds. The van der Waals surface area contributed by atoms with Crippen LogP contribution >= 0.6 is 0 Å². The molecule has 0 aliphatic carbocycles. The molecule has 0 unspecified atom stereocenters. The lowest BCUT2D eigenvalue weighted by molar-refractivity contribution is -0.126. The summed E-state index contributed by atoms with van der Waals surface area (Å²) in [6, 6.07) is 15.7. The van der Waals surface area contributed by atoms with Gasteiger partial charge < -0.3 is 4.42 Å². The number of nitrogens with one attached hydrogen (secondary N) is 1. The van der Waals surface area contributed by atoms with E-state index in [1.165, 1.54) is 0 Å². The van der Waals surface area contributed by atoms with Crippen LogP contribution in [0.25, 0.3) is 22.6 Å². The Morgan fingerprint density at radius 2 is 1.92 bits per heavy atom. The number of oxazole rings is 1. The van der Waals surface area contributed by atoms with Crippen LogP contribution in [-0.4, -0.2) is 16.6 Å². The Balaban J connectivity index is 1.70.